The Morgan fingerprint density at radius 2 is 1.90 bits per heavy atom. The minimum Gasteiger partial charge on any atom is -0.322 e. The monoisotopic (exact) mass is 267 g/mol. The van der Waals surface area contributed by atoms with Gasteiger partial charge in [-0.2, -0.15) is 0 Å². The number of unbranched alkanes of at least 4 members (excludes halogenated alkanes) is 3. The van der Waals surface area contributed by atoms with Crippen LogP contribution < -0.4 is 5.32 Å². The van der Waals surface area contributed by atoms with Crippen molar-refractivity contribution in [1.82, 2.24) is 0 Å². The van der Waals surface area contributed by atoms with E-state index in [0.29, 0.717) is 0 Å². The Kier molecular flexibility index (Phi) is 5.36. The molecule has 2 aromatic carbocycles. The average molecular weight is 267 g/mol. The molecule has 0 aliphatic carbocycles. The van der Waals surface area contributed by atoms with Gasteiger partial charge in [-0.1, -0.05) is 62.2 Å². The van der Waals surface area contributed by atoms with Gasteiger partial charge in [-0.3, -0.25) is 4.79 Å². The number of fused-ring (bicyclic) bond motifs is 1. The van der Waals surface area contributed by atoms with E-state index in [1.54, 1.807) is 6.08 Å². The summed E-state index contributed by atoms with van der Waals surface area (Å²) in [6, 6.07) is 14.0. The lowest BCUT2D eigenvalue weighted by Gasteiger charge is -2.06. The minimum atomic E-state index is -0.0575. The van der Waals surface area contributed by atoms with Gasteiger partial charge in [0.2, 0.25) is 5.91 Å². The Bertz CT molecular complexity index is 596. The van der Waals surface area contributed by atoms with Gasteiger partial charge in [0.15, 0.2) is 0 Å². The van der Waals surface area contributed by atoms with Gasteiger partial charge in [0.05, 0.1) is 0 Å². The summed E-state index contributed by atoms with van der Waals surface area (Å²) in [5.74, 6) is -0.0575. The second kappa shape index (κ2) is 7.49. The molecule has 0 aromatic heterocycles. The van der Waals surface area contributed by atoms with E-state index in [0.717, 1.165) is 29.3 Å². The van der Waals surface area contributed by atoms with Gasteiger partial charge >= 0.3 is 0 Å². The van der Waals surface area contributed by atoms with Gasteiger partial charge < -0.3 is 5.32 Å². The maximum atomic E-state index is 11.9. The predicted octanol–water partition coefficient (Wildman–Crippen LogP) is 4.91. The van der Waals surface area contributed by atoms with E-state index in [4.69, 9.17) is 0 Å². The molecule has 1 N–H and O–H groups in total. The quantitative estimate of drug-likeness (QED) is 0.584. The molecular weight excluding hydrogens is 246 g/mol. The minimum absolute atomic E-state index is 0.0575. The molecule has 0 fully saturated rings. The van der Waals surface area contributed by atoms with Crippen molar-refractivity contribution >= 4 is 22.4 Å². The van der Waals surface area contributed by atoms with Crippen LogP contribution in [0.1, 0.15) is 32.6 Å². The molecule has 0 unspecified atom stereocenters. The van der Waals surface area contributed by atoms with Gasteiger partial charge in [-0.25, -0.2) is 0 Å². The summed E-state index contributed by atoms with van der Waals surface area (Å²) in [5, 5.41) is 5.16. The zero-order chi connectivity index (χ0) is 14.2. The van der Waals surface area contributed by atoms with Crippen molar-refractivity contribution in [1.29, 1.82) is 0 Å². The first-order valence-corrected chi connectivity index (χ1v) is 7.26. The smallest absolute Gasteiger partial charge is 0.248 e. The first-order valence-electron chi connectivity index (χ1n) is 7.26. The van der Waals surface area contributed by atoms with Crippen LogP contribution in [0.2, 0.25) is 0 Å². The molecule has 0 aliphatic heterocycles. The highest BCUT2D eigenvalue weighted by Crippen LogP contribution is 2.22. The van der Waals surface area contributed by atoms with E-state index >= 15 is 0 Å². The molecule has 2 aromatic rings. The Balaban J connectivity index is 1.99. The lowest BCUT2D eigenvalue weighted by molar-refractivity contribution is -0.111. The Labute approximate surface area is 120 Å². The number of benzene rings is 2. The van der Waals surface area contributed by atoms with Crippen LogP contribution in [0.4, 0.5) is 5.69 Å². The highest BCUT2D eigenvalue weighted by Gasteiger charge is 2.02. The molecular formula is C18H21NO. The largest absolute Gasteiger partial charge is 0.322 e. The van der Waals surface area contributed by atoms with Crippen molar-refractivity contribution in [2.24, 2.45) is 0 Å². The van der Waals surface area contributed by atoms with Crippen LogP contribution in [0.5, 0.6) is 0 Å². The molecule has 0 radical (unpaired) electrons. The van der Waals surface area contributed by atoms with Crippen LogP contribution in [0, 0.1) is 0 Å². The lowest BCUT2D eigenvalue weighted by Crippen LogP contribution is -2.08. The van der Waals surface area contributed by atoms with Gasteiger partial charge in [0.1, 0.15) is 0 Å². The van der Waals surface area contributed by atoms with Crippen molar-refractivity contribution in [2.45, 2.75) is 32.6 Å². The maximum Gasteiger partial charge on any atom is 0.248 e. The fourth-order valence-electron chi connectivity index (χ4n) is 2.21. The van der Waals surface area contributed by atoms with Crippen LogP contribution in [0.15, 0.2) is 54.6 Å². The third kappa shape index (κ3) is 3.95. The third-order valence-electron chi connectivity index (χ3n) is 3.29. The molecule has 0 atom stereocenters. The van der Waals surface area contributed by atoms with Crippen molar-refractivity contribution in [3.8, 4) is 0 Å². The molecule has 2 nitrogen and oxygen atoms in total. The summed E-state index contributed by atoms with van der Waals surface area (Å²) in [6.45, 7) is 2.18. The number of amides is 1. The highest BCUT2D eigenvalue weighted by molar-refractivity contribution is 6.06. The standard InChI is InChI=1S/C18H21NO/c1-2-3-4-5-6-14-18(20)19-17-13-9-11-15-10-7-8-12-16(15)17/h6-14H,2-5H2,1H3,(H,19,20). The highest BCUT2D eigenvalue weighted by atomic mass is 16.1. The number of rotatable bonds is 6. The zero-order valence-corrected chi connectivity index (χ0v) is 11.9. The first kappa shape index (κ1) is 14.3. The molecule has 2 heteroatoms. The summed E-state index contributed by atoms with van der Waals surface area (Å²) in [7, 11) is 0. The average Bonchev–Trinajstić information content (AvgIpc) is 2.47. The van der Waals surface area contributed by atoms with Gasteiger partial charge in [0.25, 0.3) is 0 Å². The number of carbonyl (C=O) groups excluding carboxylic acids is 1. The molecule has 0 spiro atoms. The fourth-order valence-corrected chi connectivity index (χ4v) is 2.21. The summed E-state index contributed by atoms with van der Waals surface area (Å²) >= 11 is 0. The second-order valence-electron chi connectivity index (χ2n) is 4.91. The summed E-state index contributed by atoms with van der Waals surface area (Å²) in [6.07, 6.45) is 8.13. The SMILES string of the molecule is CCCCCC=CC(=O)Nc1cccc2ccccc12. The normalized spacial score (nSPS) is 11.1. The van der Waals surface area contributed by atoms with Gasteiger partial charge in [-0.05, 0) is 30.4 Å². The Morgan fingerprint density at radius 3 is 2.75 bits per heavy atom. The van der Waals surface area contributed by atoms with E-state index in [2.05, 4.69) is 12.2 Å². The summed E-state index contributed by atoms with van der Waals surface area (Å²) in [5.41, 5.74) is 0.867. The molecule has 0 saturated carbocycles. The van der Waals surface area contributed by atoms with Crippen LogP contribution in [0.3, 0.4) is 0 Å². The van der Waals surface area contributed by atoms with E-state index < -0.39 is 0 Å². The van der Waals surface area contributed by atoms with Crippen LogP contribution in [-0.2, 0) is 4.79 Å². The lowest BCUT2D eigenvalue weighted by atomic mass is 10.1. The van der Waals surface area contributed by atoms with E-state index in [1.807, 2.05) is 48.5 Å². The second-order valence-corrected chi connectivity index (χ2v) is 4.91. The molecule has 0 saturated heterocycles. The van der Waals surface area contributed by atoms with Crippen molar-refractivity contribution < 1.29 is 4.79 Å². The molecule has 0 bridgehead atoms. The number of carbonyl (C=O) groups is 1. The molecule has 1 amide bonds. The van der Waals surface area contributed by atoms with Crippen LogP contribution in [-0.4, -0.2) is 5.91 Å². The summed E-state index contributed by atoms with van der Waals surface area (Å²) in [4.78, 5) is 11.9. The van der Waals surface area contributed by atoms with Gasteiger partial charge in [-0.15, -0.1) is 0 Å². The Hall–Kier alpha value is -2.09. The number of hydrogen-bond acceptors (Lipinski definition) is 1. The van der Waals surface area contributed by atoms with Crippen molar-refractivity contribution in [3.05, 3.63) is 54.6 Å². The van der Waals surface area contributed by atoms with Crippen molar-refractivity contribution in [2.75, 3.05) is 5.32 Å². The van der Waals surface area contributed by atoms with Gasteiger partial charge in [0, 0.05) is 11.1 Å². The van der Waals surface area contributed by atoms with E-state index in [-0.39, 0.29) is 5.91 Å². The maximum absolute atomic E-state index is 11.9. The van der Waals surface area contributed by atoms with Crippen molar-refractivity contribution in [3.63, 3.8) is 0 Å². The molecule has 0 heterocycles. The predicted molar refractivity (Wildman–Crippen MR) is 85.9 cm³/mol. The number of hydrogen-bond donors (Lipinski definition) is 1. The molecule has 2 rings (SSSR count). The number of anilines is 1. The topological polar surface area (TPSA) is 29.1 Å². The zero-order valence-electron chi connectivity index (χ0n) is 11.9. The molecule has 0 aliphatic rings. The third-order valence-corrected chi connectivity index (χ3v) is 3.29. The first-order chi connectivity index (χ1) is 9.81. The van der Waals surface area contributed by atoms with E-state index in [9.17, 15) is 4.79 Å². The summed E-state index contributed by atoms with van der Waals surface area (Å²) < 4.78 is 0. The Morgan fingerprint density at radius 1 is 1.10 bits per heavy atom. The number of nitrogens with one attached hydrogen (secondary N) is 1. The molecule has 104 valence electrons. The molecule has 20 heavy (non-hydrogen) atoms. The van der Waals surface area contributed by atoms with Crippen LogP contribution in [0.25, 0.3) is 10.8 Å². The van der Waals surface area contributed by atoms with Crippen LogP contribution >= 0.6 is 0 Å². The van der Waals surface area contributed by atoms with E-state index in [1.165, 1.54) is 12.8 Å². The fraction of sp³-hybridized carbons (Fsp3) is 0.278. The number of allylic oxidation sites excluding steroid dienone is 1.